The number of nitrogens with one attached hydrogen (secondary N) is 1. The summed E-state index contributed by atoms with van der Waals surface area (Å²) in [6, 6.07) is 28.1. The molecule has 0 saturated heterocycles. The second kappa shape index (κ2) is 16.4. The third-order valence-electron chi connectivity index (χ3n) is 9.83. The zero-order chi connectivity index (χ0) is 40.3. The maximum absolute atomic E-state index is 13.7. The molecule has 1 aliphatic rings. The molecule has 14 heteroatoms. The van der Waals surface area contributed by atoms with Crippen LogP contribution in [0.15, 0.2) is 97.1 Å². The molecule has 7 rings (SSSR count). The summed E-state index contributed by atoms with van der Waals surface area (Å²) in [5.74, 6) is -3.07. The van der Waals surface area contributed by atoms with Crippen LogP contribution < -0.4 is 15.0 Å². The number of anilines is 2. The first-order chi connectivity index (χ1) is 27.4. The molecule has 292 valence electrons. The Morgan fingerprint density at radius 1 is 0.930 bits per heavy atom. The molecule has 0 unspecified atom stereocenters. The lowest BCUT2D eigenvalue weighted by atomic mass is 9.94. The number of carboxylic acids is 1. The first kappa shape index (κ1) is 39.0. The van der Waals surface area contributed by atoms with Crippen LogP contribution in [0.4, 0.5) is 24.1 Å². The van der Waals surface area contributed by atoms with Gasteiger partial charge < -0.3 is 19.5 Å². The first-order valence-electron chi connectivity index (χ1n) is 18.2. The van der Waals surface area contributed by atoms with Crippen molar-refractivity contribution in [2.75, 3.05) is 23.4 Å². The summed E-state index contributed by atoms with van der Waals surface area (Å²) >= 11 is 1.40. The number of carboxylic acid groups (broad SMARTS) is 1. The molecule has 2 aromatic heterocycles. The van der Waals surface area contributed by atoms with Crippen molar-refractivity contribution < 1.29 is 42.1 Å². The highest BCUT2D eigenvalue weighted by molar-refractivity contribution is 7.22. The van der Waals surface area contributed by atoms with Crippen molar-refractivity contribution in [1.82, 2.24) is 9.97 Å². The van der Waals surface area contributed by atoms with E-state index < -0.39 is 36.9 Å². The number of nitrogens with zero attached hydrogens (tertiary/aromatic N) is 3. The van der Waals surface area contributed by atoms with E-state index >= 15 is 0 Å². The summed E-state index contributed by atoms with van der Waals surface area (Å²) in [4.78, 5) is 49.1. The summed E-state index contributed by atoms with van der Waals surface area (Å²) < 4.78 is 52.9. The Bertz CT molecular complexity index is 2440. The van der Waals surface area contributed by atoms with Gasteiger partial charge in [0.25, 0.3) is 5.91 Å². The number of carbonyl (C=O) groups is 3. The minimum Gasteiger partial charge on any atom is -0.476 e. The Morgan fingerprint density at radius 3 is 2.44 bits per heavy atom. The number of benzene rings is 4. The Kier molecular flexibility index (Phi) is 11.2. The standard InChI is InChI=1S/C43H37F3N4O6S/c1-3-55-38(51)23-28(43(44,45)46)22-26-14-16-29(17-15-26)56-35-12-7-9-30(25(35)2)31-18-19-37(48-39(31)41(53)54)50-21-20-27-8-6-10-32(33(27)24-50)40(52)49-42-47-34-11-4-5-13-36(34)57-42/h4-19,28H,3,20-24H2,1-2H3,(H,53,54)(H,47,49,52)/t28-/m1/s1. The van der Waals surface area contributed by atoms with Crippen LogP contribution >= 0.6 is 11.3 Å². The number of carbonyl (C=O) groups excluding carboxylic acids is 2. The van der Waals surface area contributed by atoms with Gasteiger partial charge in [0, 0.05) is 24.2 Å². The van der Waals surface area contributed by atoms with Crippen molar-refractivity contribution in [3.05, 3.63) is 131 Å². The van der Waals surface area contributed by atoms with Crippen molar-refractivity contribution in [2.45, 2.75) is 45.8 Å². The van der Waals surface area contributed by atoms with Crippen LogP contribution in [0.5, 0.6) is 11.5 Å². The van der Waals surface area contributed by atoms with Crippen molar-refractivity contribution in [1.29, 1.82) is 0 Å². The fourth-order valence-corrected chi connectivity index (χ4v) is 7.79. The minimum atomic E-state index is -4.58. The Labute approximate surface area is 329 Å². The molecular weight excluding hydrogens is 758 g/mol. The molecule has 4 aromatic carbocycles. The summed E-state index contributed by atoms with van der Waals surface area (Å²) in [5.41, 5.74) is 4.95. The molecule has 10 nitrogen and oxygen atoms in total. The molecule has 1 aliphatic heterocycles. The third kappa shape index (κ3) is 8.76. The molecule has 2 N–H and O–H groups in total. The molecular formula is C43H37F3N4O6S. The van der Waals surface area contributed by atoms with Gasteiger partial charge in [0.05, 0.1) is 29.2 Å². The first-order valence-corrected chi connectivity index (χ1v) is 19.1. The van der Waals surface area contributed by atoms with Gasteiger partial charge in [-0.1, -0.05) is 59.9 Å². The zero-order valence-corrected chi connectivity index (χ0v) is 31.7. The second-order valence-electron chi connectivity index (χ2n) is 13.6. The molecule has 0 fully saturated rings. The summed E-state index contributed by atoms with van der Waals surface area (Å²) in [6.45, 7) is 4.22. The fourth-order valence-electron chi connectivity index (χ4n) is 6.93. The lowest BCUT2D eigenvalue weighted by Crippen LogP contribution is -2.33. The zero-order valence-electron chi connectivity index (χ0n) is 30.9. The topological polar surface area (TPSA) is 131 Å². The van der Waals surface area contributed by atoms with E-state index in [1.165, 1.54) is 30.4 Å². The molecule has 6 aromatic rings. The molecule has 0 bridgehead atoms. The van der Waals surface area contributed by atoms with Crippen molar-refractivity contribution in [3.63, 3.8) is 0 Å². The van der Waals surface area contributed by atoms with Crippen LogP contribution in [0.1, 0.15) is 56.4 Å². The SMILES string of the molecule is CCOC(=O)C[C@@H](Cc1ccc(Oc2cccc(-c3ccc(N4CCc5cccc(C(=O)Nc6nc7ccccc7s6)c5C4)nc3C(=O)O)c2C)cc1)C(F)(F)F. The van der Waals surface area contributed by atoms with Crippen molar-refractivity contribution in [2.24, 2.45) is 5.92 Å². The number of halogens is 3. The largest absolute Gasteiger partial charge is 0.476 e. The number of hydrogen-bond donors (Lipinski definition) is 2. The van der Waals surface area contributed by atoms with E-state index in [4.69, 9.17) is 9.47 Å². The van der Waals surface area contributed by atoms with Crippen LogP contribution in [0.3, 0.4) is 0 Å². The molecule has 1 amide bonds. The number of fused-ring (bicyclic) bond motifs is 2. The molecule has 0 aliphatic carbocycles. The van der Waals surface area contributed by atoms with E-state index in [1.54, 1.807) is 55.5 Å². The van der Waals surface area contributed by atoms with E-state index in [2.05, 4.69) is 15.3 Å². The molecule has 0 radical (unpaired) electrons. The van der Waals surface area contributed by atoms with Gasteiger partial charge in [0.1, 0.15) is 17.3 Å². The van der Waals surface area contributed by atoms with E-state index in [1.807, 2.05) is 41.3 Å². The Balaban J connectivity index is 1.08. The van der Waals surface area contributed by atoms with Crippen LogP contribution in [0.2, 0.25) is 0 Å². The van der Waals surface area contributed by atoms with Crippen LogP contribution in [-0.2, 0) is 28.9 Å². The Morgan fingerprint density at radius 2 is 1.70 bits per heavy atom. The predicted molar refractivity (Wildman–Crippen MR) is 211 cm³/mol. The molecule has 1 atom stereocenters. The van der Waals surface area contributed by atoms with Gasteiger partial charge in [0.2, 0.25) is 0 Å². The van der Waals surface area contributed by atoms with Gasteiger partial charge in [-0.2, -0.15) is 13.2 Å². The average molecular weight is 795 g/mol. The number of alkyl halides is 3. The summed E-state index contributed by atoms with van der Waals surface area (Å²) in [5, 5.41) is 13.8. The molecule has 0 spiro atoms. The predicted octanol–water partition coefficient (Wildman–Crippen LogP) is 9.65. The number of ether oxygens (including phenoxy) is 2. The van der Waals surface area contributed by atoms with Crippen LogP contribution in [0.25, 0.3) is 21.3 Å². The highest BCUT2D eigenvalue weighted by Gasteiger charge is 2.41. The second-order valence-corrected chi connectivity index (χ2v) is 14.6. The smallest absolute Gasteiger partial charge is 0.392 e. The summed E-state index contributed by atoms with van der Waals surface area (Å²) in [7, 11) is 0. The van der Waals surface area contributed by atoms with Gasteiger partial charge in [-0.25, -0.2) is 14.8 Å². The van der Waals surface area contributed by atoms with E-state index in [-0.39, 0.29) is 18.2 Å². The normalized spacial score (nSPS) is 13.2. The molecule has 57 heavy (non-hydrogen) atoms. The van der Waals surface area contributed by atoms with Gasteiger partial charge in [-0.3, -0.25) is 14.9 Å². The van der Waals surface area contributed by atoms with E-state index in [0.717, 1.165) is 21.3 Å². The number of thiazole rings is 1. The summed E-state index contributed by atoms with van der Waals surface area (Å²) in [6.07, 6.45) is -5.13. The quantitative estimate of drug-likeness (QED) is 0.116. The lowest BCUT2D eigenvalue weighted by Gasteiger charge is -2.31. The van der Waals surface area contributed by atoms with Gasteiger partial charge >= 0.3 is 18.1 Å². The number of aromatic nitrogens is 2. The number of para-hydroxylation sites is 1. The van der Waals surface area contributed by atoms with Crippen molar-refractivity contribution >= 4 is 50.3 Å². The number of pyridine rings is 1. The average Bonchev–Trinajstić information content (AvgIpc) is 3.60. The number of aromatic carboxylic acids is 1. The highest BCUT2D eigenvalue weighted by atomic mass is 32.1. The third-order valence-corrected chi connectivity index (χ3v) is 10.8. The molecule has 3 heterocycles. The van der Waals surface area contributed by atoms with Gasteiger partial charge in [0.15, 0.2) is 10.8 Å². The number of hydrogen-bond acceptors (Lipinski definition) is 9. The van der Waals surface area contributed by atoms with E-state index in [9.17, 15) is 32.7 Å². The van der Waals surface area contributed by atoms with Crippen LogP contribution in [-0.4, -0.2) is 52.2 Å². The van der Waals surface area contributed by atoms with Crippen LogP contribution in [0, 0.1) is 12.8 Å². The highest BCUT2D eigenvalue weighted by Crippen LogP contribution is 2.37. The fraction of sp³-hybridized carbons (Fsp3) is 0.233. The van der Waals surface area contributed by atoms with Crippen molar-refractivity contribution in [3.8, 4) is 22.6 Å². The lowest BCUT2D eigenvalue weighted by molar-refractivity contribution is -0.184. The Hall–Kier alpha value is -6.28. The monoisotopic (exact) mass is 794 g/mol. The van der Waals surface area contributed by atoms with Gasteiger partial charge in [-0.15, -0.1) is 0 Å². The molecule has 0 saturated carbocycles. The maximum atomic E-state index is 13.7. The number of amides is 1. The van der Waals surface area contributed by atoms with Gasteiger partial charge in [-0.05, 0) is 103 Å². The minimum absolute atomic E-state index is 0.000608. The van der Waals surface area contributed by atoms with E-state index in [0.29, 0.717) is 69.8 Å². The number of esters is 1. The maximum Gasteiger partial charge on any atom is 0.392 e. The number of rotatable bonds is 12.